The Kier molecular flexibility index (Phi) is 5.13. The zero-order valence-electron chi connectivity index (χ0n) is 11.9. The lowest BCUT2D eigenvalue weighted by atomic mass is 9.98. The van der Waals surface area contributed by atoms with Gasteiger partial charge in [-0.2, -0.15) is 0 Å². The molecule has 2 rings (SSSR count). The fourth-order valence-corrected chi connectivity index (χ4v) is 2.37. The molecule has 0 spiro atoms. The summed E-state index contributed by atoms with van der Waals surface area (Å²) in [6, 6.07) is 14.9. The fraction of sp³-hybridized carbons (Fsp3) is 0.294. The van der Waals surface area contributed by atoms with Crippen molar-refractivity contribution >= 4 is 0 Å². The highest BCUT2D eigenvalue weighted by Gasteiger charge is 2.16. The molecule has 0 radical (unpaired) electrons. The van der Waals surface area contributed by atoms with E-state index in [-0.39, 0.29) is 11.9 Å². The van der Waals surface area contributed by atoms with Crippen molar-refractivity contribution < 1.29 is 9.13 Å². The van der Waals surface area contributed by atoms with Gasteiger partial charge in [-0.25, -0.2) is 4.39 Å². The topological polar surface area (TPSA) is 21.3 Å². The van der Waals surface area contributed by atoms with Crippen LogP contribution in [-0.2, 0) is 6.42 Å². The highest BCUT2D eigenvalue weighted by atomic mass is 19.1. The second-order valence-corrected chi connectivity index (χ2v) is 4.69. The van der Waals surface area contributed by atoms with E-state index in [4.69, 9.17) is 4.74 Å². The molecule has 2 nitrogen and oxygen atoms in total. The van der Waals surface area contributed by atoms with Crippen LogP contribution in [0.2, 0.25) is 0 Å². The van der Waals surface area contributed by atoms with Crippen molar-refractivity contribution in [2.24, 2.45) is 0 Å². The molecule has 0 bridgehead atoms. The number of likely N-dealkylation sites (N-methyl/N-ethyl adjacent to an activating group) is 1. The van der Waals surface area contributed by atoms with Crippen LogP contribution in [0.1, 0.15) is 24.1 Å². The molecular weight excluding hydrogens is 253 g/mol. The molecule has 20 heavy (non-hydrogen) atoms. The number of nitrogens with one attached hydrogen (secondary N) is 1. The van der Waals surface area contributed by atoms with E-state index in [0.29, 0.717) is 5.75 Å². The van der Waals surface area contributed by atoms with Crippen LogP contribution < -0.4 is 10.1 Å². The van der Waals surface area contributed by atoms with Gasteiger partial charge in [0.1, 0.15) is 11.6 Å². The molecule has 0 heterocycles. The minimum atomic E-state index is -0.239. The average Bonchev–Trinajstić information content (AvgIpc) is 2.48. The number of hydrogen-bond acceptors (Lipinski definition) is 2. The molecule has 0 saturated heterocycles. The third-order valence-electron chi connectivity index (χ3n) is 3.30. The number of ether oxygens (including phenoxy) is 1. The Bertz CT molecular complexity index is 542. The normalized spacial score (nSPS) is 12.2. The molecule has 0 aliphatic heterocycles. The van der Waals surface area contributed by atoms with E-state index in [1.807, 2.05) is 25.1 Å². The first-order valence-corrected chi connectivity index (χ1v) is 6.85. The fourth-order valence-electron chi connectivity index (χ4n) is 2.37. The van der Waals surface area contributed by atoms with Gasteiger partial charge in [-0.1, -0.05) is 37.3 Å². The van der Waals surface area contributed by atoms with Crippen LogP contribution in [-0.4, -0.2) is 13.7 Å². The van der Waals surface area contributed by atoms with Crippen molar-refractivity contribution in [1.29, 1.82) is 0 Å². The van der Waals surface area contributed by atoms with Crippen LogP contribution in [0.3, 0.4) is 0 Å². The largest absolute Gasteiger partial charge is 0.496 e. The average molecular weight is 273 g/mol. The van der Waals surface area contributed by atoms with E-state index in [0.717, 1.165) is 18.5 Å². The van der Waals surface area contributed by atoms with Crippen LogP contribution in [0.5, 0.6) is 5.75 Å². The van der Waals surface area contributed by atoms with Gasteiger partial charge in [-0.05, 0) is 36.7 Å². The summed E-state index contributed by atoms with van der Waals surface area (Å²) in [5.41, 5.74) is 2.07. The van der Waals surface area contributed by atoms with Crippen molar-refractivity contribution in [1.82, 2.24) is 5.32 Å². The lowest BCUT2D eigenvalue weighted by Crippen LogP contribution is -2.23. The van der Waals surface area contributed by atoms with Crippen LogP contribution in [0.15, 0.2) is 48.5 Å². The Labute approximate surface area is 119 Å². The summed E-state index contributed by atoms with van der Waals surface area (Å²) in [6.07, 6.45) is 0.800. The molecule has 0 fully saturated rings. The SMILES string of the molecule is CCNC(Cc1ccccc1)c1cc(F)ccc1OC. The van der Waals surface area contributed by atoms with Crippen LogP contribution in [0, 0.1) is 5.82 Å². The standard InChI is InChI=1S/C17H20FNO/c1-3-19-16(11-13-7-5-4-6-8-13)15-12-14(18)9-10-17(15)20-2/h4-10,12,16,19H,3,11H2,1-2H3. The second kappa shape index (κ2) is 7.06. The predicted octanol–water partition coefficient (Wildman–Crippen LogP) is 3.73. The van der Waals surface area contributed by atoms with Crippen LogP contribution in [0.4, 0.5) is 4.39 Å². The lowest BCUT2D eigenvalue weighted by molar-refractivity contribution is 0.397. The number of hydrogen-bond donors (Lipinski definition) is 1. The molecule has 3 heteroatoms. The van der Waals surface area contributed by atoms with Crippen LogP contribution >= 0.6 is 0 Å². The molecule has 0 aromatic heterocycles. The maximum absolute atomic E-state index is 13.5. The molecule has 0 aliphatic rings. The van der Waals surface area contributed by atoms with Gasteiger partial charge < -0.3 is 10.1 Å². The van der Waals surface area contributed by atoms with E-state index in [9.17, 15) is 4.39 Å². The first-order chi connectivity index (χ1) is 9.74. The van der Waals surface area contributed by atoms with Crippen molar-refractivity contribution in [3.63, 3.8) is 0 Å². The Morgan fingerprint density at radius 2 is 1.90 bits per heavy atom. The lowest BCUT2D eigenvalue weighted by Gasteiger charge is -2.21. The molecule has 106 valence electrons. The van der Waals surface area contributed by atoms with Crippen molar-refractivity contribution in [3.8, 4) is 5.75 Å². The number of methoxy groups -OCH3 is 1. The smallest absolute Gasteiger partial charge is 0.123 e. The van der Waals surface area contributed by atoms with E-state index in [2.05, 4.69) is 17.4 Å². The van der Waals surface area contributed by atoms with Crippen molar-refractivity contribution in [2.75, 3.05) is 13.7 Å². The van der Waals surface area contributed by atoms with Gasteiger partial charge in [0, 0.05) is 11.6 Å². The van der Waals surface area contributed by atoms with E-state index in [1.165, 1.54) is 11.6 Å². The van der Waals surface area contributed by atoms with Crippen molar-refractivity contribution in [3.05, 3.63) is 65.5 Å². The molecule has 0 amide bonds. The molecular formula is C17H20FNO. The Balaban J connectivity index is 2.30. The number of halogens is 1. The monoisotopic (exact) mass is 273 g/mol. The molecule has 1 atom stereocenters. The summed E-state index contributed by atoms with van der Waals surface area (Å²) in [5, 5.41) is 3.40. The minimum absolute atomic E-state index is 0.0352. The minimum Gasteiger partial charge on any atom is -0.496 e. The third-order valence-corrected chi connectivity index (χ3v) is 3.30. The molecule has 2 aromatic carbocycles. The van der Waals surface area contributed by atoms with Gasteiger partial charge in [0.05, 0.1) is 7.11 Å². The summed E-state index contributed by atoms with van der Waals surface area (Å²) in [4.78, 5) is 0. The van der Waals surface area contributed by atoms with E-state index in [1.54, 1.807) is 19.2 Å². The first-order valence-electron chi connectivity index (χ1n) is 6.85. The van der Waals surface area contributed by atoms with Crippen LogP contribution in [0.25, 0.3) is 0 Å². The molecule has 2 aromatic rings. The maximum Gasteiger partial charge on any atom is 0.123 e. The number of rotatable bonds is 6. The molecule has 1 unspecified atom stereocenters. The van der Waals surface area contributed by atoms with Gasteiger partial charge in [-0.15, -0.1) is 0 Å². The Morgan fingerprint density at radius 1 is 1.15 bits per heavy atom. The summed E-state index contributed by atoms with van der Waals surface area (Å²) in [7, 11) is 1.61. The van der Waals surface area contributed by atoms with Gasteiger partial charge in [0.15, 0.2) is 0 Å². The summed E-state index contributed by atoms with van der Waals surface area (Å²) >= 11 is 0. The quantitative estimate of drug-likeness (QED) is 0.866. The zero-order valence-corrected chi connectivity index (χ0v) is 11.9. The van der Waals surface area contributed by atoms with Crippen molar-refractivity contribution in [2.45, 2.75) is 19.4 Å². The van der Waals surface area contributed by atoms with E-state index < -0.39 is 0 Å². The zero-order chi connectivity index (χ0) is 14.4. The Hall–Kier alpha value is -1.87. The highest BCUT2D eigenvalue weighted by Crippen LogP contribution is 2.28. The summed E-state index contributed by atoms with van der Waals surface area (Å²) in [5.74, 6) is 0.477. The van der Waals surface area contributed by atoms with Gasteiger partial charge in [0.25, 0.3) is 0 Å². The van der Waals surface area contributed by atoms with Gasteiger partial charge >= 0.3 is 0 Å². The number of benzene rings is 2. The molecule has 1 N–H and O–H groups in total. The first kappa shape index (κ1) is 14.5. The third kappa shape index (κ3) is 3.58. The van der Waals surface area contributed by atoms with Gasteiger partial charge in [0.2, 0.25) is 0 Å². The van der Waals surface area contributed by atoms with E-state index >= 15 is 0 Å². The molecule has 0 saturated carbocycles. The highest BCUT2D eigenvalue weighted by molar-refractivity contribution is 5.37. The summed E-state index contributed by atoms with van der Waals surface area (Å²) in [6.45, 7) is 2.86. The Morgan fingerprint density at radius 3 is 2.55 bits per heavy atom. The summed E-state index contributed by atoms with van der Waals surface area (Å²) < 4.78 is 18.9. The molecule has 0 aliphatic carbocycles. The second-order valence-electron chi connectivity index (χ2n) is 4.69. The maximum atomic E-state index is 13.5. The predicted molar refractivity (Wildman–Crippen MR) is 79.5 cm³/mol. The van der Waals surface area contributed by atoms with Gasteiger partial charge in [-0.3, -0.25) is 0 Å².